The van der Waals surface area contributed by atoms with Gasteiger partial charge >= 0.3 is 0 Å². The van der Waals surface area contributed by atoms with Gasteiger partial charge in [0.25, 0.3) is 0 Å². The summed E-state index contributed by atoms with van der Waals surface area (Å²) in [6, 6.07) is 10.6. The number of piperidine rings is 1. The van der Waals surface area contributed by atoms with Crippen molar-refractivity contribution in [3.8, 4) is 6.07 Å². The summed E-state index contributed by atoms with van der Waals surface area (Å²) in [4.78, 5) is 2.41. The first-order valence-corrected chi connectivity index (χ1v) is 10.0. The largest absolute Gasteiger partial charge is 0.341 e. The molecule has 1 aliphatic carbocycles. The molecule has 0 N–H and O–H groups in total. The Morgan fingerprint density at radius 3 is 2.72 bits per heavy atom. The number of thioether (sulfide) groups is 1. The van der Waals surface area contributed by atoms with Crippen LogP contribution in [0.1, 0.15) is 49.8 Å². The van der Waals surface area contributed by atoms with E-state index in [9.17, 15) is 0 Å². The van der Waals surface area contributed by atoms with E-state index in [0.29, 0.717) is 11.6 Å². The van der Waals surface area contributed by atoms with Crippen LogP contribution in [0, 0.1) is 17.2 Å². The van der Waals surface area contributed by atoms with Crippen LogP contribution in [0.5, 0.6) is 0 Å². The van der Waals surface area contributed by atoms with Gasteiger partial charge in [0.05, 0.1) is 11.6 Å². The third-order valence-corrected chi connectivity index (χ3v) is 6.06. The molecule has 2 fully saturated rings. The zero-order valence-electron chi connectivity index (χ0n) is 14.6. The van der Waals surface area contributed by atoms with Crippen LogP contribution >= 0.6 is 11.8 Å². The van der Waals surface area contributed by atoms with E-state index in [4.69, 9.17) is 5.26 Å². The highest BCUT2D eigenvalue weighted by Gasteiger charge is 2.32. The van der Waals surface area contributed by atoms with Crippen LogP contribution in [-0.4, -0.2) is 27.9 Å². The van der Waals surface area contributed by atoms with Crippen LogP contribution in [-0.2, 0) is 5.75 Å². The highest BCUT2D eigenvalue weighted by Crippen LogP contribution is 2.41. The van der Waals surface area contributed by atoms with Crippen molar-refractivity contribution in [3.05, 3.63) is 35.4 Å². The van der Waals surface area contributed by atoms with Gasteiger partial charge in [-0.3, -0.25) is 4.57 Å². The Morgan fingerprint density at radius 2 is 2.00 bits per heavy atom. The Kier molecular flexibility index (Phi) is 4.67. The maximum atomic E-state index is 9.05. The zero-order chi connectivity index (χ0) is 17.2. The quantitative estimate of drug-likeness (QED) is 0.760. The van der Waals surface area contributed by atoms with Gasteiger partial charge in [-0.25, -0.2) is 0 Å². The lowest BCUT2D eigenvalue weighted by atomic mass is 10.00. The fourth-order valence-electron chi connectivity index (χ4n) is 3.32. The maximum absolute atomic E-state index is 9.05. The lowest BCUT2D eigenvalue weighted by Gasteiger charge is -2.31. The second-order valence-corrected chi connectivity index (χ2v) is 8.10. The molecular formula is C19H23N5S. The number of aromatic nitrogens is 3. The first-order chi connectivity index (χ1) is 12.2. The van der Waals surface area contributed by atoms with Gasteiger partial charge in [0.1, 0.15) is 0 Å². The molecular weight excluding hydrogens is 330 g/mol. The van der Waals surface area contributed by atoms with E-state index < -0.39 is 0 Å². The molecule has 6 heteroatoms. The van der Waals surface area contributed by atoms with Gasteiger partial charge in [0.15, 0.2) is 5.16 Å². The summed E-state index contributed by atoms with van der Waals surface area (Å²) in [5.74, 6) is 2.69. The highest BCUT2D eigenvalue weighted by molar-refractivity contribution is 7.98. The van der Waals surface area contributed by atoms with Crippen molar-refractivity contribution in [2.75, 3.05) is 18.0 Å². The molecule has 1 aromatic carbocycles. The first kappa shape index (κ1) is 16.5. The van der Waals surface area contributed by atoms with Gasteiger partial charge in [-0.2, -0.15) is 5.26 Å². The minimum atomic E-state index is 0.567. The maximum Gasteiger partial charge on any atom is 0.228 e. The molecule has 1 aliphatic heterocycles. The molecule has 2 aromatic rings. The average molecular weight is 353 g/mol. The Balaban J connectivity index is 1.51. The molecule has 0 amide bonds. The fourth-order valence-corrected chi connectivity index (χ4v) is 4.27. The van der Waals surface area contributed by atoms with Crippen LogP contribution in [0.4, 0.5) is 5.95 Å². The SMILES string of the molecule is CC1CCN(c2nnc(SCc3cccc(C#N)c3)n2C2CC2)CC1. The Bertz CT molecular complexity index is 781. The molecule has 0 unspecified atom stereocenters. The summed E-state index contributed by atoms with van der Waals surface area (Å²) >= 11 is 1.73. The van der Waals surface area contributed by atoms with E-state index in [1.165, 1.54) is 25.7 Å². The molecule has 0 radical (unpaired) electrons. The molecule has 2 heterocycles. The second kappa shape index (κ2) is 7.09. The predicted molar refractivity (Wildman–Crippen MR) is 99.6 cm³/mol. The molecule has 130 valence electrons. The lowest BCUT2D eigenvalue weighted by molar-refractivity contribution is 0.429. The Morgan fingerprint density at radius 1 is 1.20 bits per heavy atom. The average Bonchev–Trinajstić information content (AvgIpc) is 3.40. The smallest absolute Gasteiger partial charge is 0.228 e. The van der Waals surface area contributed by atoms with E-state index in [1.807, 2.05) is 18.2 Å². The van der Waals surface area contributed by atoms with Crippen LogP contribution in [0.2, 0.25) is 0 Å². The van der Waals surface area contributed by atoms with Gasteiger partial charge < -0.3 is 4.90 Å². The van der Waals surface area contributed by atoms with E-state index in [-0.39, 0.29) is 0 Å². The van der Waals surface area contributed by atoms with Crippen LogP contribution in [0.25, 0.3) is 0 Å². The van der Waals surface area contributed by atoms with E-state index in [0.717, 1.165) is 41.4 Å². The third-order valence-electron chi connectivity index (χ3n) is 5.05. The Labute approximate surface area is 153 Å². The number of anilines is 1. The third kappa shape index (κ3) is 3.67. The van der Waals surface area contributed by atoms with Crippen molar-refractivity contribution < 1.29 is 0 Å². The minimum Gasteiger partial charge on any atom is -0.341 e. The van der Waals surface area contributed by atoms with Crippen molar-refractivity contribution in [2.45, 2.75) is 49.6 Å². The first-order valence-electron chi connectivity index (χ1n) is 9.06. The normalized spacial score (nSPS) is 18.3. The molecule has 1 saturated heterocycles. The van der Waals surface area contributed by atoms with E-state index >= 15 is 0 Å². The van der Waals surface area contributed by atoms with E-state index in [2.05, 4.69) is 38.7 Å². The van der Waals surface area contributed by atoms with Gasteiger partial charge in [0.2, 0.25) is 5.95 Å². The van der Waals surface area contributed by atoms with Gasteiger partial charge in [-0.1, -0.05) is 30.8 Å². The number of nitrogens with zero attached hydrogens (tertiary/aromatic N) is 5. The second-order valence-electron chi connectivity index (χ2n) is 7.15. The molecule has 4 rings (SSSR count). The monoisotopic (exact) mass is 353 g/mol. The van der Waals surface area contributed by atoms with Crippen LogP contribution in [0.3, 0.4) is 0 Å². The summed E-state index contributed by atoms with van der Waals surface area (Å²) < 4.78 is 2.36. The molecule has 1 saturated carbocycles. The molecule has 2 aliphatic rings. The van der Waals surface area contributed by atoms with Crippen molar-refractivity contribution in [1.29, 1.82) is 5.26 Å². The van der Waals surface area contributed by atoms with Crippen molar-refractivity contribution in [2.24, 2.45) is 5.92 Å². The van der Waals surface area contributed by atoms with Crippen molar-refractivity contribution >= 4 is 17.7 Å². The summed E-state index contributed by atoms with van der Waals surface area (Å²) in [7, 11) is 0. The van der Waals surface area contributed by atoms with Gasteiger partial charge in [0, 0.05) is 24.9 Å². The number of benzene rings is 1. The zero-order valence-corrected chi connectivity index (χ0v) is 15.4. The number of hydrogen-bond acceptors (Lipinski definition) is 5. The summed E-state index contributed by atoms with van der Waals surface area (Å²) in [6.45, 7) is 4.50. The van der Waals surface area contributed by atoms with E-state index in [1.54, 1.807) is 11.8 Å². The molecule has 1 aromatic heterocycles. The minimum absolute atomic E-state index is 0.567. The van der Waals surface area contributed by atoms with Crippen LogP contribution in [0.15, 0.2) is 29.4 Å². The topological polar surface area (TPSA) is 57.7 Å². The molecule has 0 atom stereocenters. The molecule has 5 nitrogen and oxygen atoms in total. The summed E-state index contributed by atoms with van der Waals surface area (Å²) in [5, 5.41) is 19.1. The standard InChI is InChI=1S/C19H23N5S/c1-14-7-9-23(10-8-14)18-21-22-19(24(18)17-5-6-17)25-13-16-4-2-3-15(11-16)12-20/h2-4,11,14,17H,5-10,13H2,1H3. The number of hydrogen-bond donors (Lipinski definition) is 0. The Hall–Kier alpha value is -2.00. The van der Waals surface area contributed by atoms with Crippen molar-refractivity contribution in [3.63, 3.8) is 0 Å². The molecule has 25 heavy (non-hydrogen) atoms. The predicted octanol–water partition coefficient (Wildman–Crippen LogP) is 4.01. The summed E-state index contributed by atoms with van der Waals surface area (Å²) in [5.41, 5.74) is 1.87. The summed E-state index contributed by atoms with van der Waals surface area (Å²) in [6.07, 6.45) is 4.93. The molecule has 0 bridgehead atoms. The number of rotatable bonds is 5. The lowest BCUT2D eigenvalue weighted by Crippen LogP contribution is -2.34. The van der Waals surface area contributed by atoms with Gasteiger partial charge in [-0.05, 0) is 49.3 Å². The van der Waals surface area contributed by atoms with Gasteiger partial charge in [-0.15, -0.1) is 10.2 Å². The van der Waals surface area contributed by atoms with Crippen LogP contribution < -0.4 is 4.90 Å². The van der Waals surface area contributed by atoms with Crippen molar-refractivity contribution in [1.82, 2.24) is 14.8 Å². The highest BCUT2D eigenvalue weighted by atomic mass is 32.2. The molecule has 0 spiro atoms. The fraction of sp³-hybridized carbons (Fsp3) is 0.526. The number of nitriles is 1.